The number of nitrogens with one attached hydrogen (secondary N) is 2. The van der Waals surface area contributed by atoms with Crippen LogP contribution in [0.5, 0.6) is 5.75 Å². The number of rotatable bonds is 8. The van der Waals surface area contributed by atoms with Crippen molar-refractivity contribution in [3.05, 3.63) is 35.2 Å². The molecule has 13 nitrogen and oxygen atoms in total. The third-order valence-corrected chi connectivity index (χ3v) is 9.38. The van der Waals surface area contributed by atoms with Crippen LogP contribution in [0, 0.1) is 19.8 Å². The van der Waals surface area contributed by atoms with Crippen LogP contribution in [-0.2, 0) is 14.8 Å². The van der Waals surface area contributed by atoms with Crippen LogP contribution in [0.25, 0.3) is 0 Å². The van der Waals surface area contributed by atoms with E-state index in [9.17, 15) is 23.1 Å². The van der Waals surface area contributed by atoms with Crippen LogP contribution >= 0.6 is 0 Å². The largest absolute Gasteiger partial charge is 0.490 e. The molecular formula is C31H49N5O8S. The number of nitrogens with zero attached hydrogens (tertiary/aromatic N) is 3. The van der Waals surface area contributed by atoms with E-state index in [1.807, 2.05) is 27.7 Å². The van der Waals surface area contributed by atoms with Crippen LogP contribution in [0.3, 0.4) is 0 Å². The molecule has 14 heteroatoms. The van der Waals surface area contributed by atoms with E-state index < -0.39 is 28.1 Å². The summed E-state index contributed by atoms with van der Waals surface area (Å²) in [6.45, 7) is 13.1. The van der Waals surface area contributed by atoms with Crippen LogP contribution in [-0.4, -0.2) is 98.1 Å². The van der Waals surface area contributed by atoms with Gasteiger partial charge in [0.2, 0.25) is 0 Å². The minimum atomic E-state index is -4.08. The van der Waals surface area contributed by atoms with Crippen molar-refractivity contribution in [1.29, 1.82) is 0 Å². The zero-order valence-electron chi connectivity index (χ0n) is 27.6. The lowest BCUT2D eigenvalue weighted by molar-refractivity contribution is -0.0122. The molecule has 1 aliphatic heterocycles. The van der Waals surface area contributed by atoms with Crippen molar-refractivity contribution in [2.24, 2.45) is 5.92 Å². The number of amides is 3. The Morgan fingerprint density at radius 3 is 2.53 bits per heavy atom. The molecule has 1 aromatic carbocycles. The first-order chi connectivity index (χ1) is 21.1. The van der Waals surface area contributed by atoms with Crippen LogP contribution in [0.1, 0.15) is 75.7 Å². The number of likely N-dealkylation sites (N-methyl/N-ethyl adjacent to an activating group) is 1. The molecule has 2 aromatic rings. The Kier molecular flexibility index (Phi) is 12.7. The Morgan fingerprint density at radius 1 is 1.20 bits per heavy atom. The van der Waals surface area contributed by atoms with E-state index in [0.717, 1.165) is 12.8 Å². The molecule has 3 rings (SSSR count). The van der Waals surface area contributed by atoms with Gasteiger partial charge in [0, 0.05) is 44.4 Å². The van der Waals surface area contributed by atoms with E-state index in [4.69, 9.17) is 14.0 Å². The van der Waals surface area contributed by atoms with Gasteiger partial charge in [-0.3, -0.25) is 9.52 Å². The van der Waals surface area contributed by atoms with E-state index in [2.05, 4.69) is 15.2 Å². The summed E-state index contributed by atoms with van der Waals surface area (Å²) in [6, 6.07) is 3.75. The normalized spacial score (nSPS) is 21.0. The summed E-state index contributed by atoms with van der Waals surface area (Å²) in [7, 11) is -2.37. The fourth-order valence-electron chi connectivity index (χ4n) is 5.22. The van der Waals surface area contributed by atoms with Gasteiger partial charge in [0.1, 0.15) is 11.4 Å². The smallest absolute Gasteiger partial charge is 0.317 e. The van der Waals surface area contributed by atoms with Gasteiger partial charge in [-0.1, -0.05) is 12.1 Å². The number of aryl methyl sites for hydroxylation is 2. The molecule has 0 radical (unpaired) electrons. The summed E-state index contributed by atoms with van der Waals surface area (Å²) in [6.07, 6.45) is 1.67. The van der Waals surface area contributed by atoms with Gasteiger partial charge in [0.05, 0.1) is 30.4 Å². The number of anilines is 1. The number of carbonyl (C=O) groups is 2. The Morgan fingerprint density at radius 2 is 1.91 bits per heavy atom. The molecule has 0 fully saturated rings. The SMILES string of the molecule is Cc1noc(C)c1S(=O)(=O)Nc1ccc2c(c1)C(=O)N([C@H](C)CO)C[C@@H](C)[C@H](CN(C)C(=O)NC(C)C)OCCCC[C@@H](C)O2. The highest BCUT2D eigenvalue weighted by atomic mass is 32.2. The quantitative estimate of drug-likeness (QED) is 0.384. The minimum Gasteiger partial charge on any atom is -0.490 e. The molecule has 0 unspecified atom stereocenters. The maximum atomic E-state index is 14.3. The molecule has 1 aromatic heterocycles. The molecule has 0 spiro atoms. The molecule has 252 valence electrons. The maximum absolute atomic E-state index is 14.3. The lowest BCUT2D eigenvalue weighted by Crippen LogP contribution is -2.49. The first kappa shape index (κ1) is 36.1. The average Bonchev–Trinajstić information content (AvgIpc) is 3.32. The first-order valence-electron chi connectivity index (χ1n) is 15.5. The van der Waals surface area contributed by atoms with Crippen molar-refractivity contribution >= 4 is 27.6 Å². The van der Waals surface area contributed by atoms with Gasteiger partial charge in [-0.25, -0.2) is 13.2 Å². The predicted octanol–water partition coefficient (Wildman–Crippen LogP) is 3.94. The van der Waals surface area contributed by atoms with Crippen molar-refractivity contribution in [3.63, 3.8) is 0 Å². The lowest BCUT2D eigenvalue weighted by Gasteiger charge is -2.36. The Hall–Kier alpha value is -3.36. The number of ether oxygens (including phenoxy) is 2. The van der Waals surface area contributed by atoms with Crippen LogP contribution in [0.4, 0.5) is 10.5 Å². The fourth-order valence-corrected chi connectivity index (χ4v) is 6.60. The van der Waals surface area contributed by atoms with E-state index in [0.29, 0.717) is 25.3 Å². The minimum absolute atomic E-state index is 0.0242. The molecule has 3 amide bonds. The maximum Gasteiger partial charge on any atom is 0.317 e. The molecular weight excluding hydrogens is 602 g/mol. The van der Waals surface area contributed by atoms with Crippen molar-refractivity contribution < 1.29 is 37.1 Å². The standard InChI is InChI=1S/C31H49N5O8S/c1-19(2)32-31(39)35(8)17-28-20(3)16-36(21(4)18-37)30(38)26-15-25(34-45(40,41)29-23(6)33-44-24(29)7)12-13-27(26)43-22(5)11-9-10-14-42-28/h12-13,15,19-22,28,34,37H,9-11,14,16-18H2,1-8H3,(H,32,39)/t20-,21-,22-,28+/m1/s1. The molecule has 3 N–H and O–H groups in total. The molecule has 1 aliphatic rings. The molecule has 4 atom stereocenters. The average molecular weight is 652 g/mol. The summed E-state index contributed by atoms with van der Waals surface area (Å²) in [4.78, 5) is 30.0. The van der Waals surface area contributed by atoms with Crippen molar-refractivity contribution in [2.75, 3.05) is 38.1 Å². The van der Waals surface area contributed by atoms with Crippen molar-refractivity contribution in [1.82, 2.24) is 20.3 Å². The monoisotopic (exact) mass is 651 g/mol. The second-order valence-electron chi connectivity index (χ2n) is 12.3. The summed E-state index contributed by atoms with van der Waals surface area (Å²) in [5.41, 5.74) is 0.520. The highest BCUT2D eigenvalue weighted by Gasteiger charge is 2.32. The molecule has 0 saturated heterocycles. The Balaban J connectivity index is 2.00. The molecule has 0 saturated carbocycles. The van der Waals surface area contributed by atoms with Gasteiger partial charge < -0.3 is 34.2 Å². The second-order valence-corrected chi connectivity index (χ2v) is 13.9. The number of fused-ring (bicyclic) bond motifs is 1. The number of aromatic nitrogens is 1. The van der Waals surface area contributed by atoms with Gasteiger partial charge in [-0.15, -0.1) is 0 Å². The van der Waals surface area contributed by atoms with Crippen LogP contribution < -0.4 is 14.8 Å². The number of hydrogen-bond donors (Lipinski definition) is 3. The third-order valence-electron chi connectivity index (χ3n) is 7.75. The fraction of sp³-hybridized carbons (Fsp3) is 0.645. The second kappa shape index (κ2) is 15.8. The molecule has 0 bridgehead atoms. The number of hydrogen-bond acceptors (Lipinski definition) is 9. The molecule has 45 heavy (non-hydrogen) atoms. The van der Waals surface area contributed by atoms with Gasteiger partial charge in [0.25, 0.3) is 15.9 Å². The van der Waals surface area contributed by atoms with E-state index >= 15 is 0 Å². The van der Waals surface area contributed by atoms with Crippen molar-refractivity contribution in [2.45, 2.75) is 96.9 Å². The van der Waals surface area contributed by atoms with Gasteiger partial charge in [0.15, 0.2) is 10.7 Å². The van der Waals surface area contributed by atoms with E-state index in [1.165, 1.54) is 19.9 Å². The summed E-state index contributed by atoms with van der Waals surface area (Å²) >= 11 is 0. The Bertz CT molecular complexity index is 1390. The lowest BCUT2D eigenvalue weighted by atomic mass is 10.0. The predicted molar refractivity (Wildman–Crippen MR) is 170 cm³/mol. The number of sulfonamides is 1. The first-order valence-corrected chi connectivity index (χ1v) is 16.9. The van der Waals surface area contributed by atoms with Gasteiger partial charge in [-0.2, -0.15) is 0 Å². The highest BCUT2D eigenvalue weighted by molar-refractivity contribution is 7.92. The topological polar surface area (TPSA) is 164 Å². The van der Waals surface area contributed by atoms with Crippen molar-refractivity contribution in [3.8, 4) is 5.75 Å². The zero-order valence-corrected chi connectivity index (χ0v) is 28.4. The zero-order chi connectivity index (χ0) is 33.5. The van der Waals surface area contributed by atoms with Crippen LogP contribution in [0.15, 0.2) is 27.6 Å². The number of urea groups is 1. The van der Waals surface area contributed by atoms with Crippen LogP contribution in [0.2, 0.25) is 0 Å². The summed E-state index contributed by atoms with van der Waals surface area (Å²) in [5.74, 6) is -0.214. The third kappa shape index (κ3) is 9.57. The number of benzene rings is 1. The number of aliphatic hydroxyl groups is 1. The van der Waals surface area contributed by atoms with Gasteiger partial charge >= 0.3 is 6.03 Å². The van der Waals surface area contributed by atoms with E-state index in [-0.39, 0.29) is 64.8 Å². The molecule has 2 heterocycles. The van der Waals surface area contributed by atoms with Gasteiger partial charge in [-0.05, 0) is 79.0 Å². The Labute approximate surface area is 266 Å². The highest BCUT2D eigenvalue weighted by Crippen LogP contribution is 2.30. The number of carbonyl (C=O) groups excluding carboxylic acids is 2. The summed E-state index contributed by atoms with van der Waals surface area (Å²) in [5, 5.41) is 16.8. The van der Waals surface area contributed by atoms with E-state index in [1.54, 1.807) is 35.9 Å². The number of aliphatic hydroxyl groups excluding tert-OH is 1. The summed E-state index contributed by atoms with van der Waals surface area (Å²) < 4.78 is 46.6. The molecule has 0 aliphatic carbocycles.